The lowest BCUT2D eigenvalue weighted by Gasteiger charge is -2.07. The predicted octanol–water partition coefficient (Wildman–Crippen LogP) is 1.69. The van der Waals surface area contributed by atoms with Crippen molar-refractivity contribution in [1.82, 2.24) is 4.90 Å². The number of rotatable bonds is 2. The zero-order valence-corrected chi connectivity index (χ0v) is 7.47. The van der Waals surface area contributed by atoms with Gasteiger partial charge in [0.15, 0.2) is 6.19 Å². The average molecular weight is 180 g/mol. The highest BCUT2D eigenvalue weighted by Crippen LogP contribution is 2.10. The van der Waals surface area contributed by atoms with Gasteiger partial charge in [-0.3, -0.25) is 4.79 Å². The molecule has 1 amide bonds. The van der Waals surface area contributed by atoms with E-state index < -0.39 is 0 Å². The van der Waals surface area contributed by atoms with Crippen molar-refractivity contribution < 1.29 is 4.79 Å². The summed E-state index contributed by atoms with van der Waals surface area (Å²) in [5, 5.41) is 10.4. The number of carbonyl (C=O) groups excluding carboxylic acids is 1. The van der Waals surface area contributed by atoms with Crippen LogP contribution in [0, 0.1) is 11.5 Å². The molecule has 0 radical (unpaired) electrons. The largest absolute Gasteiger partial charge is 0.276 e. The molecule has 0 N–H and O–H groups in total. The molecule has 0 fully saturated rings. The molecule has 3 nitrogen and oxygen atoms in total. The molecule has 12 heavy (non-hydrogen) atoms. The van der Waals surface area contributed by atoms with Gasteiger partial charge in [0.05, 0.1) is 4.88 Å². The molecule has 0 saturated heterocycles. The molecule has 0 bridgehead atoms. The molecule has 0 spiro atoms. The Hall–Kier alpha value is -1.34. The van der Waals surface area contributed by atoms with E-state index in [1.54, 1.807) is 19.1 Å². The lowest BCUT2D eigenvalue weighted by molar-refractivity contribution is 0.0842. The molecule has 1 heterocycles. The van der Waals surface area contributed by atoms with Gasteiger partial charge >= 0.3 is 0 Å². The van der Waals surface area contributed by atoms with E-state index in [2.05, 4.69) is 0 Å². The van der Waals surface area contributed by atoms with Crippen LogP contribution in [-0.4, -0.2) is 17.4 Å². The van der Waals surface area contributed by atoms with Crippen LogP contribution in [0.25, 0.3) is 0 Å². The van der Waals surface area contributed by atoms with Crippen molar-refractivity contribution in [1.29, 1.82) is 5.26 Å². The van der Waals surface area contributed by atoms with Crippen LogP contribution in [0.2, 0.25) is 0 Å². The Morgan fingerprint density at radius 1 is 1.83 bits per heavy atom. The maximum absolute atomic E-state index is 11.4. The second-order valence-corrected chi connectivity index (χ2v) is 3.07. The summed E-state index contributed by atoms with van der Waals surface area (Å²) in [6.07, 6.45) is 1.83. The van der Waals surface area contributed by atoms with Gasteiger partial charge in [-0.05, 0) is 18.4 Å². The third kappa shape index (κ3) is 1.63. The van der Waals surface area contributed by atoms with E-state index in [4.69, 9.17) is 5.26 Å². The van der Waals surface area contributed by atoms with Crippen molar-refractivity contribution >= 4 is 17.2 Å². The standard InChI is InChI=1S/C8H8N2OS/c1-2-10(6-9)8(11)7-4-3-5-12-7/h3-5H,2H2,1H3. The van der Waals surface area contributed by atoms with Crippen molar-refractivity contribution in [3.63, 3.8) is 0 Å². The molecule has 0 saturated carbocycles. The number of nitriles is 1. The van der Waals surface area contributed by atoms with Gasteiger partial charge in [-0.2, -0.15) is 5.26 Å². The van der Waals surface area contributed by atoms with Crippen LogP contribution >= 0.6 is 11.3 Å². The maximum Gasteiger partial charge on any atom is 0.276 e. The summed E-state index contributed by atoms with van der Waals surface area (Å²) in [4.78, 5) is 13.1. The topological polar surface area (TPSA) is 44.1 Å². The molecule has 0 unspecified atom stereocenters. The minimum Gasteiger partial charge on any atom is -0.267 e. The molecule has 1 aromatic rings. The van der Waals surface area contributed by atoms with Gasteiger partial charge in [0, 0.05) is 6.54 Å². The first-order chi connectivity index (χ1) is 5.79. The number of thiophene rings is 1. The fraction of sp³-hybridized carbons (Fsp3) is 0.250. The summed E-state index contributed by atoms with van der Waals surface area (Å²) in [5.74, 6) is -0.213. The molecule has 0 aromatic carbocycles. The molecule has 0 aliphatic rings. The third-order valence-electron chi connectivity index (χ3n) is 1.41. The average Bonchev–Trinajstić information content (AvgIpc) is 2.58. The molecular formula is C8H8N2OS. The van der Waals surface area contributed by atoms with Crippen LogP contribution in [0.4, 0.5) is 0 Å². The smallest absolute Gasteiger partial charge is 0.267 e. The summed E-state index contributed by atoms with van der Waals surface area (Å²) < 4.78 is 0. The van der Waals surface area contributed by atoms with Gasteiger partial charge in [0.1, 0.15) is 0 Å². The van der Waals surface area contributed by atoms with Crippen LogP contribution in [0.1, 0.15) is 16.6 Å². The van der Waals surface area contributed by atoms with E-state index >= 15 is 0 Å². The zero-order valence-electron chi connectivity index (χ0n) is 6.65. The van der Waals surface area contributed by atoms with Crippen molar-refractivity contribution in [2.24, 2.45) is 0 Å². The number of hydrogen-bond donors (Lipinski definition) is 0. The molecule has 0 aliphatic heterocycles. The van der Waals surface area contributed by atoms with Gasteiger partial charge in [0.2, 0.25) is 0 Å². The Balaban J connectivity index is 2.79. The highest BCUT2D eigenvalue weighted by atomic mass is 32.1. The lowest BCUT2D eigenvalue weighted by atomic mass is 10.4. The maximum atomic E-state index is 11.4. The first kappa shape index (κ1) is 8.75. The third-order valence-corrected chi connectivity index (χ3v) is 2.27. The molecule has 1 rings (SSSR count). The second kappa shape index (κ2) is 3.88. The summed E-state index contributed by atoms with van der Waals surface area (Å²) in [6.45, 7) is 2.20. The highest BCUT2D eigenvalue weighted by molar-refractivity contribution is 7.12. The lowest BCUT2D eigenvalue weighted by Crippen LogP contribution is -2.24. The molecule has 4 heteroatoms. The monoisotopic (exact) mass is 180 g/mol. The predicted molar refractivity (Wildman–Crippen MR) is 46.6 cm³/mol. The van der Waals surface area contributed by atoms with Gasteiger partial charge in [-0.25, -0.2) is 4.90 Å². The van der Waals surface area contributed by atoms with E-state index in [1.165, 1.54) is 11.3 Å². The van der Waals surface area contributed by atoms with Crippen molar-refractivity contribution in [2.75, 3.05) is 6.54 Å². The number of nitrogens with zero attached hydrogens (tertiary/aromatic N) is 2. The van der Waals surface area contributed by atoms with Crippen LogP contribution < -0.4 is 0 Å². The fourth-order valence-corrected chi connectivity index (χ4v) is 1.46. The Bertz CT molecular complexity index is 299. The van der Waals surface area contributed by atoms with Gasteiger partial charge in [-0.1, -0.05) is 6.07 Å². The van der Waals surface area contributed by atoms with Gasteiger partial charge < -0.3 is 0 Å². The van der Waals surface area contributed by atoms with Crippen molar-refractivity contribution in [2.45, 2.75) is 6.92 Å². The molecule has 0 aliphatic carbocycles. The van der Waals surface area contributed by atoms with E-state index in [-0.39, 0.29) is 5.91 Å². The highest BCUT2D eigenvalue weighted by Gasteiger charge is 2.13. The van der Waals surface area contributed by atoms with E-state index in [0.29, 0.717) is 11.4 Å². The summed E-state index contributed by atoms with van der Waals surface area (Å²) in [7, 11) is 0. The van der Waals surface area contributed by atoms with Gasteiger partial charge in [0.25, 0.3) is 5.91 Å². The molecule has 1 aromatic heterocycles. The number of hydrogen-bond acceptors (Lipinski definition) is 3. The zero-order chi connectivity index (χ0) is 8.97. The molecule has 0 atom stereocenters. The van der Waals surface area contributed by atoms with Crippen LogP contribution in [0.15, 0.2) is 17.5 Å². The first-order valence-electron chi connectivity index (χ1n) is 3.54. The van der Waals surface area contributed by atoms with Crippen LogP contribution in [-0.2, 0) is 0 Å². The van der Waals surface area contributed by atoms with E-state index in [0.717, 1.165) is 4.90 Å². The summed E-state index contributed by atoms with van der Waals surface area (Å²) in [6, 6.07) is 3.51. The van der Waals surface area contributed by atoms with E-state index in [1.807, 2.05) is 11.6 Å². The van der Waals surface area contributed by atoms with Crippen LogP contribution in [0.3, 0.4) is 0 Å². The Morgan fingerprint density at radius 3 is 3.00 bits per heavy atom. The summed E-state index contributed by atoms with van der Waals surface area (Å²) >= 11 is 1.35. The molecular weight excluding hydrogens is 172 g/mol. The minimum absolute atomic E-state index is 0.213. The Labute approximate surface area is 74.8 Å². The first-order valence-corrected chi connectivity index (χ1v) is 4.42. The Kier molecular flexibility index (Phi) is 2.83. The SMILES string of the molecule is CCN(C#N)C(=O)c1cccs1. The number of carbonyl (C=O) groups is 1. The Morgan fingerprint density at radius 2 is 2.58 bits per heavy atom. The van der Waals surface area contributed by atoms with Crippen molar-refractivity contribution in [3.8, 4) is 6.19 Å². The quantitative estimate of drug-likeness (QED) is 0.513. The minimum atomic E-state index is -0.213. The van der Waals surface area contributed by atoms with E-state index in [9.17, 15) is 4.79 Å². The molecule has 62 valence electrons. The summed E-state index contributed by atoms with van der Waals surface area (Å²) in [5.41, 5.74) is 0. The van der Waals surface area contributed by atoms with Crippen molar-refractivity contribution in [3.05, 3.63) is 22.4 Å². The number of amides is 1. The fourth-order valence-electron chi connectivity index (χ4n) is 0.793. The second-order valence-electron chi connectivity index (χ2n) is 2.13. The normalized spacial score (nSPS) is 9.00. The van der Waals surface area contributed by atoms with Gasteiger partial charge in [-0.15, -0.1) is 11.3 Å². The van der Waals surface area contributed by atoms with Crippen LogP contribution in [0.5, 0.6) is 0 Å².